The van der Waals surface area contributed by atoms with Gasteiger partial charge in [0.15, 0.2) is 0 Å². The van der Waals surface area contributed by atoms with Crippen molar-refractivity contribution in [1.29, 1.82) is 0 Å². The van der Waals surface area contributed by atoms with Crippen LogP contribution in [-0.2, 0) is 4.74 Å². The first-order chi connectivity index (χ1) is 8.67. The Hall–Kier alpha value is -0.910. The number of nitrogens with two attached hydrogens (primary N) is 1. The molecule has 6 heteroatoms. The smallest absolute Gasteiger partial charge is 0.410 e. The molecule has 4 nitrogen and oxygen atoms in total. The average molecular weight is 278 g/mol. The predicted octanol–water partition coefficient (Wildman–Crippen LogP) is 2.76. The Kier molecular flexibility index (Phi) is 5.12. The van der Waals surface area contributed by atoms with Crippen molar-refractivity contribution in [3.63, 3.8) is 0 Å². The molecule has 1 atom stereocenters. The first-order valence-electron chi connectivity index (χ1n) is 6.75. The van der Waals surface area contributed by atoms with Crippen molar-refractivity contribution in [2.75, 3.05) is 13.1 Å². The summed E-state index contributed by atoms with van der Waals surface area (Å²) in [6.07, 6.45) is 0.142. The van der Waals surface area contributed by atoms with Crippen LogP contribution in [0.5, 0.6) is 0 Å². The van der Waals surface area contributed by atoms with Crippen LogP contribution in [0.15, 0.2) is 0 Å². The Labute approximate surface area is 113 Å². The zero-order valence-electron chi connectivity index (χ0n) is 11.9. The van der Waals surface area contributed by atoms with Gasteiger partial charge in [-0.15, -0.1) is 0 Å². The third-order valence-corrected chi connectivity index (χ3v) is 3.08. The quantitative estimate of drug-likeness (QED) is 0.863. The molecule has 0 radical (unpaired) electrons. The van der Waals surface area contributed by atoms with Gasteiger partial charge in [-0.2, -0.15) is 0 Å². The van der Waals surface area contributed by atoms with E-state index in [1.807, 2.05) is 0 Å². The van der Waals surface area contributed by atoms with Gasteiger partial charge in [0.25, 0.3) is 5.92 Å². The molecule has 1 amide bonds. The van der Waals surface area contributed by atoms with E-state index in [0.717, 1.165) is 0 Å². The lowest BCUT2D eigenvalue weighted by Crippen LogP contribution is -2.55. The van der Waals surface area contributed by atoms with Crippen LogP contribution in [0.2, 0.25) is 0 Å². The molecule has 19 heavy (non-hydrogen) atoms. The summed E-state index contributed by atoms with van der Waals surface area (Å²) in [6.45, 7) is 5.83. The van der Waals surface area contributed by atoms with E-state index in [-0.39, 0.29) is 12.8 Å². The highest BCUT2D eigenvalue weighted by Crippen LogP contribution is 2.36. The zero-order chi connectivity index (χ0) is 14.7. The highest BCUT2D eigenvalue weighted by molar-refractivity contribution is 5.69. The molecule has 0 aliphatic carbocycles. The van der Waals surface area contributed by atoms with Gasteiger partial charge < -0.3 is 10.5 Å². The maximum atomic E-state index is 13.9. The van der Waals surface area contributed by atoms with E-state index in [0.29, 0.717) is 25.9 Å². The third-order valence-electron chi connectivity index (χ3n) is 3.08. The van der Waals surface area contributed by atoms with Crippen LogP contribution in [0.3, 0.4) is 0 Å². The van der Waals surface area contributed by atoms with Gasteiger partial charge in [-0.3, -0.25) is 4.90 Å². The second-order valence-electron chi connectivity index (χ2n) is 5.99. The molecule has 0 bridgehead atoms. The Morgan fingerprint density at radius 3 is 2.63 bits per heavy atom. The van der Waals surface area contributed by atoms with Gasteiger partial charge in [-0.1, -0.05) is 0 Å². The largest absolute Gasteiger partial charge is 0.444 e. The molecule has 0 aromatic heterocycles. The second-order valence-corrected chi connectivity index (χ2v) is 5.99. The molecule has 0 saturated carbocycles. The van der Waals surface area contributed by atoms with E-state index in [1.54, 1.807) is 20.8 Å². The maximum absolute atomic E-state index is 13.9. The monoisotopic (exact) mass is 278 g/mol. The molecule has 0 aromatic rings. The summed E-state index contributed by atoms with van der Waals surface area (Å²) in [5.74, 6) is -2.86. The molecule has 1 aliphatic heterocycles. The third kappa shape index (κ3) is 4.60. The van der Waals surface area contributed by atoms with Crippen molar-refractivity contribution in [3.8, 4) is 0 Å². The summed E-state index contributed by atoms with van der Waals surface area (Å²) in [7, 11) is 0. The van der Waals surface area contributed by atoms with Gasteiger partial charge in [-0.05, 0) is 46.6 Å². The number of piperidine rings is 1. The fraction of sp³-hybridized carbons (Fsp3) is 0.923. The van der Waals surface area contributed by atoms with Crippen LogP contribution < -0.4 is 5.73 Å². The van der Waals surface area contributed by atoms with E-state index >= 15 is 0 Å². The van der Waals surface area contributed by atoms with Crippen molar-refractivity contribution in [2.45, 2.75) is 64.0 Å². The van der Waals surface area contributed by atoms with Crippen LogP contribution in [0, 0.1) is 0 Å². The molecular formula is C13H24F2N2O2. The number of alkyl halides is 2. The molecule has 1 unspecified atom stereocenters. The Morgan fingerprint density at radius 2 is 2.11 bits per heavy atom. The average Bonchev–Trinajstić information content (AvgIpc) is 2.23. The maximum Gasteiger partial charge on any atom is 0.410 e. The minimum atomic E-state index is -2.86. The van der Waals surface area contributed by atoms with Gasteiger partial charge >= 0.3 is 6.09 Å². The highest BCUT2D eigenvalue weighted by atomic mass is 19.3. The predicted molar refractivity (Wildman–Crippen MR) is 69.2 cm³/mol. The molecule has 1 rings (SSSR count). The highest BCUT2D eigenvalue weighted by Gasteiger charge is 2.47. The molecule has 0 spiro atoms. The Morgan fingerprint density at radius 1 is 1.47 bits per heavy atom. The second kappa shape index (κ2) is 6.03. The normalized spacial score (nSPS) is 23.3. The number of likely N-dealkylation sites (tertiary alicyclic amines) is 1. The van der Waals surface area contributed by atoms with Crippen LogP contribution in [-0.4, -0.2) is 41.6 Å². The van der Waals surface area contributed by atoms with E-state index in [1.165, 1.54) is 4.90 Å². The zero-order valence-corrected chi connectivity index (χ0v) is 11.9. The summed E-state index contributed by atoms with van der Waals surface area (Å²) in [5, 5.41) is 0. The fourth-order valence-electron chi connectivity index (χ4n) is 2.25. The minimum Gasteiger partial charge on any atom is -0.444 e. The molecule has 112 valence electrons. The Bertz CT molecular complexity index is 316. The molecule has 2 N–H and O–H groups in total. The number of halogens is 2. The number of hydrogen-bond donors (Lipinski definition) is 1. The number of rotatable bonds is 3. The van der Waals surface area contributed by atoms with Crippen molar-refractivity contribution in [1.82, 2.24) is 4.90 Å². The van der Waals surface area contributed by atoms with Crippen molar-refractivity contribution in [3.05, 3.63) is 0 Å². The SMILES string of the molecule is CC(C)(C)OC(=O)N1CCCC(F)(F)C1CCCN. The summed E-state index contributed by atoms with van der Waals surface area (Å²) in [4.78, 5) is 13.2. The summed E-state index contributed by atoms with van der Waals surface area (Å²) in [5.41, 5.74) is 4.70. The van der Waals surface area contributed by atoms with Crippen molar-refractivity contribution >= 4 is 6.09 Å². The van der Waals surface area contributed by atoms with Crippen LogP contribution in [0.4, 0.5) is 13.6 Å². The van der Waals surface area contributed by atoms with Crippen LogP contribution in [0.1, 0.15) is 46.5 Å². The van der Waals surface area contributed by atoms with Crippen LogP contribution >= 0.6 is 0 Å². The van der Waals surface area contributed by atoms with Gasteiger partial charge in [0.05, 0.1) is 6.04 Å². The van der Waals surface area contributed by atoms with E-state index in [4.69, 9.17) is 10.5 Å². The summed E-state index contributed by atoms with van der Waals surface area (Å²) in [6, 6.07) is -1.10. The lowest BCUT2D eigenvalue weighted by Gasteiger charge is -2.41. The summed E-state index contributed by atoms with van der Waals surface area (Å²) < 4.78 is 33.1. The molecule has 1 aliphatic rings. The molecule has 1 fully saturated rings. The molecule has 0 aromatic carbocycles. The van der Waals surface area contributed by atoms with Crippen molar-refractivity contribution < 1.29 is 18.3 Å². The van der Waals surface area contributed by atoms with Gasteiger partial charge in [0.1, 0.15) is 5.60 Å². The molecular weight excluding hydrogens is 254 g/mol. The number of amides is 1. The number of nitrogens with zero attached hydrogens (tertiary/aromatic N) is 1. The first kappa shape index (κ1) is 16.1. The van der Waals surface area contributed by atoms with Gasteiger partial charge in [-0.25, -0.2) is 13.6 Å². The summed E-state index contributed by atoms with van der Waals surface area (Å²) >= 11 is 0. The number of carbonyl (C=O) groups is 1. The lowest BCUT2D eigenvalue weighted by atomic mass is 9.94. The topological polar surface area (TPSA) is 55.6 Å². The van der Waals surface area contributed by atoms with E-state index < -0.39 is 23.7 Å². The number of ether oxygens (including phenoxy) is 1. The molecule has 1 saturated heterocycles. The van der Waals surface area contributed by atoms with Gasteiger partial charge in [0.2, 0.25) is 0 Å². The van der Waals surface area contributed by atoms with Gasteiger partial charge in [0, 0.05) is 13.0 Å². The van der Waals surface area contributed by atoms with E-state index in [9.17, 15) is 13.6 Å². The lowest BCUT2D eigenvalue weighted by molar-refractivity contribution is -0.114. The minimum absolute atomic E-state index is 0.179. The first-order valence-corrected chi connectivity index (χ1v) is 6.75. The standard InChI is InChI=1S/C13H24F2N2O2/c1-12(2,3)19-11(18)17-9-5-7-13(14,15)10(17)6-4-8-16/h10H,4-9,16H2,1-3H3. The number of carbonyl (C=O) groups excluding carboxylic acids is 1. The number of hydrogen-bond acceptors (Lipinski definition) is 3. The molecule has 1 heterocycles. The van der Waals surface area contributed by atoms with Crippen LogP contribution in [0.25, 0.3) is 0 Å². The fourth-order valence-corrected chi connectivity index (χ4v) is 2.25. The Balaban J connectivity index is 2.79. The van der Waals surface area contributed by atoms with E-state index in [2.05, 4.69) is 0 Å². The van der Waals surface area contributed by atoms with Crippen molar-refractivity contribution in [2.24, 2.45) is 5.73 Å².